The van der Waals surface area contributed by atoms with Crippen molar-refractivity contribution in [2.45, 2.75) is 25.7 Å². The second-order valence-corrected chi connectivity index (χ2v) is 5.07. The molecule has 106 valence electrons. The SMILES string of the molecule is O=C(Cc1ccccc1)NCC[NH+]1CCCCC1.[Cl-]. The molecule has 0 radical (unpaired) electrons. The number of benzene rings is 1. The van der Waals surface area contributed by atoms with Crippen LogP contribution < -0.4 is 22.6 Å². The number of halogens is 1. The van der Waals surface area contributed by atoms with E-state index in [-0.39, 0.29) is 18.3 Å². The Morgan fingerprint density at radius 3 is 2.47 bits per heavy atom. The summed E-state index contributed by atoms with van der Waals surface area (Å²) in [5.74, 6) is 0.137. The van der Waals surface area contributed by atoms with Gasteiger partial charge in [-0.25, -0.2) is 0 Å². The second kappa shape index (κ2) is 8.94. The zero-order valence-corrected chi connectivity index (χ0v) is 12.1. The Balaban J connectivity index is 0.00000180. The molecule has 1 amide bonds. The highest BCUT2D eigenvalue weighted by atomic mass is 35.5. The van der Waals surface area contributed by atoms with E-state index in [0.717, 1.165) is 18.7 Å². The van der Waals surface area contributed by atoms with Gasteiger partial charge in [-0.15, -0.1) is 0 Å². The Morgan fingerprint density at radius 1 is 1.11 bits per heavy atom. The molecular weight excluding hydrogens is 260 g/mol. The quantitative estimate of drug-likeness (QED) is 0.611. The minimum Gasteiger partial charge on any atom is -1.00 e. The smallest absolute Gasteiger partial charge is 0.224 e. The van der Waals surface area contributed by atoms with Crippen molar-refractivity contribution in [1.82, 2.24) is 5.32 Å². The van der Waals surface area contributed by atoms with Crippen LogP contribution in [-0.4, -0.2) is 32.1 Å². The first-order valence-electron chi connectivity index (χ1n) is 6.99. The lowest BCUT2D eigenvalue weighted by Crippen LogP contribution is -3.13. The predicted octanol–water partition coefficient (Wildman–Crippen LogP) is -2.58. The highest BCUT2D eigenvalue weighted by molar-refractivity contribution is 5.78. The number of rotatable bonds is 5. The van der Waals surface area contributed by atoms with E-state index in [9.17, 15) is 4.79 Å². The molecular formula is C15H23ClN2O. The molecule has 0 atom stereocenters. The summed E-state index contributed by atoms with van der Waals surface area (Å²) in [6.07, 6.45) is 4.56. The van der Waals surface area contributed by atoms with Crippen LogP contribution in [0.25, 0.3) is 0 Å². The number of hydrogen-bond donors (Lipinski definition) is 2. The topological polar surface area (TPSA) is 33.5 Å². The standard InChI is InChI=1S/C15H22N2O.ClH/c18-15(13-14-7-3-1-4-8-14)16-9-12-17-10-5-2-6-11-17;/h1,3-4,7-8H,2,5-6,9-13H2,(H,16,18);1H. The minimum atomic E-state index is 0. The molecule has 1 fully saturated rings. The summed E-state index contributed by atoms with van der Waals surface area (Å²) in [7, 11) is 0. The summed E-state index contributed by atoms with van der Waals surface area (Å²) in [4.78, 5) is 13.4. The maximum atomic E-state index is 11.7. The van der Waals surface area contributed by atoms with Crippen LogP contribution in [-0.2, 0) is 11.2 Å². The number of carbonyl (C=O) groups excluding carboxylic acids is 1. The van der Waals surface area contributed by atoms with Crippen LogP contribution in [0.15, 0.2) is 30.3 Å². The van der Waals surface area contributed by atoms with Crippen LogP contribution in [0, 0.1) is 0 Å². The van der Waals surface area contributed by atoms with Crippen molar-refractivity contribution in [1.29, 1.82) is 0 Å². The molecule has 2 rings (SSSR count). The lowest BCUT2D eigenvalue weighted by atomic mass is 10.1. The van der Waals surface area contributed by atoms with Gasteiger partial charge in [0.15, 0.2) is 0 Å². The first-order valence-corrected chi connectivity index (χ1v) is 6.99. The van der Waals surface area contributed by atoms with E-state index in [2.05, 4.69) is 5.32 Å². The van der Waals surface area contributed by atoms with Crippen LogP contribution in [0.4, 0.5) is 0 Å². The molecule has 1 aliphatic rings. The lowest BCUT2D eigenvalue weighted by molar-refractivity contribution is -0.903. The highest BCUT2D eigenvalue weighted by Gasteiger charge is 2.13. The molecule has 1 aliphatic heterocycles. The lowest BCUT2D eigenvalue weighted by Gasteiger charge is -2.23. The van der Waals surface area contributed by atoms with Gasteiger partial charge in [0.2, 0.25) is 5.91 Å². The number of likely N-dealkylation sites (tertiary alicyclic amines) is 1. The van der Waals surface area contributed by atoms with Crippen molar-refractivity contribution < 1.29 is 22.1 Å². The monoisotopic (exact) mass is 282 g/mol. The predicted molar refractivity (Wildman–Crippen MR) is 72.6 cm³/mol. The van der Waals surface area contributed by atoms with Crippen molar-refractivity contribution in [3.8, 4) is 0 Å². The number of hydrogen-bond acceptors (Lipinski definition) is 1. The van der Waals surface area contributed by atoms with Crippen molar-refractivity contribution >= 4 is 5.91 Å². The molecule has 1 aromatic carbocycles. The molecule has 0 aliphatic carbocycles. The maximum absolute atomic E-state index is 11.7. The van der Waals surface area contributed by atoms with E-state index in [1.54, 1.807) is 4.90 Å². The molecule has 0 bridgehead atoms. The summed E-state index contributed by atoms with van der Waals surface area (Å²) in [6.45, 7) is 4.42. The number of amides is 1. The fraction of sp³-hybridized carbons (Fsp3) is 0.533. The van der Waals surface area contributed by atoms with Crippen LogP contribution in [0.1, 0.15) is 24.8 Å². The van der Waals surface area contributed by atoms with Gasteiger partial charge >= 0.3 is 0 Å². The number of carbonyl (C=O) groups is 1. The Kier molecular flexibility index (Phi) is 7.53. The van der Waals surface area contributed by atoms with E-state index < -0.39 is 0 Å². The van der Waals surface area contributed by atoms with Crippen LogP contribution in [0.2, 0.25) is 0 Å². The average Bonchev–Trinajstić information content (AvgIpc) is 2.41. The molecule has 1 saturated heterocycles. The molecule has 0 spiro atoms. The molecule has 1 heterocycles. The van der Waals surface area contributed by atoms with Gasteiger partial charge in [-0.1, -0.05) is 30.3 Å². The zero-order chi connectivity index (χ0) is 12.6. The van der Waals surface area contributed by atoms with Crippen molar-refractivity contribution in [2.24, 2.45) is 0 Å². The van der Waals surface area contributed by atoms with Gasteiger partial charge in [-0.3, -0.25) is 4.79 Å². The Hall–Kier alpha value is -1.06. The summed E-state index contributed by atoms with van der Waals surface area (Å²) >= 11 is 0. The van der Waals surface area contributed by atoms with Gasteiger partial charge in [-0.05, 0) is 24.8 Å². The number of piperidine rings is 1. The fourth-order valence-corrected chi connectivity index (χ4v) is 2.52. The van der Waals surface area contributed by atoms with Gasteiger partial charge in [0.25, 0.3) is 0 Å². The molecule has 0 aromatic heterocycles. The third-order valence-electron chi connectivity index (χ3n) is 3.57. The molecule has 4 heteroatoms. The summed E-state index contributed by atoms with van der Waals surface area (Å²) < 4.78 is 0. The average molecular weight is 283 g/mol. The number of quaternary nitrogens is 1. The first-order chi connectivity index (χ1) is 8.84. The van der Waals surface area contributed by atoms with Gasteiger partial charge in [0.05, 0.1) is 32.6 Å². The minimum absolute atomic E-state index is 0. The summed E-state index contributed by atoms with van der Waals surface area (Å²) in [6, 6.07) is 9.91. The van der Waals surface area contributed by atoms with Crippen LogP contribution in [0.5, 0.6) is 0 Å². The van der Waals surface area contributed by atoms with E-state index in [1.807, 2.05) is 30.3 Å². The van der Waals surface area contributed by atoms with Crippen molar-refractivity contribution in [2.75, 3.05) is 26.2 Å². The van der Waals surface area contributed by atoms with Crippen LogP contribution >= 0.6 is 0 Å². The van der Waals surface area contributed by atoms with E-state index in [4.69, 9.17) is 0 Å². The van der Waals surface area contributed by atoms with Gasteiger partial charge in [-0.2, -0.15) is 0 Å². The largest absolute Gasteiger partial charge is 1.00 e. The van der Waals surface area contributed by atoms with Crippen molar-refractivity contribution in [3.05, 3.63) is 35.9 Å². The zero-order valence-electron chi connectivity index (χ0n) is 11.3. The van der Waals surface area contributed by atoms with Gasteiger partial charge < -0.3 is 22.6 Å². The first kappa shape index (κ1) is 16.0. The maximum Gasteiger partial charge on any atom is 0.224 e. The molecule has 0 unspecified atom stereocenters. The molecule has 1 aromatic rings. The molecule has 19 heavy (non-hydrogen) atoms. The molecule has 0 saturated carbocycles. The van der Waals surface area contributed by atoms with Crippen molar-refractivity contribution in [3.63, 3.8) is 0 Å². The van der Waals surface area contributed by atoms with E-state index in [0.29, 0.717) is 6.42 Å². The number of nitrogens with one attached hydrogen (secondary N) is 2. The van der Waals surface area contributed by atoms with E-state index >= 15 is 0 Å². The second-order valence-electron chi connectivity index (χ2n) is 5.07. The Bertz CT molecular complexity index is 364. The highest BCUT2D eigenvalue weighted by Crippen LogP contribution is 1.98. The summed E-state index contributed by atoms with van der Waals surface area (Å²) in [5.41, 5.74) is 1.08. The molecule has 3 nitrogen and oxygen atoms in total. The normalized spacial score (nSPS) is 15.6. The third-order valence-corrected chi connectivity index (χ3v) is 3.57. The van der Waals surface area contributed by atoms with E-state index in [1.165, 1.54) is 32.4 Å². The van der Waals surface area contributed by atoms with Crippen LogP contribution in [0.3, 0.4) is 0 Å². The summed E-state index contributed by atoms with van der Waals surface area (Å²) in [5, 5.41) is 3.02. The Morgan fingerprint density at radius 2 is 1.79 bits per heavy atom. The van der Waals surface area contributed by atoms with Gasteiger partial charge in [0.1, 0.15) is 0 Å². The van der Waals surface area contributed by atoms with Gasteiger partial charge in [0, 0.05) is 0 Å². The third kappa shape index (κ3) is 6.08. The Labute approximate surface area is 121 Å². The fourth-order valence-electron chi connectivity index (χ4n) is 2.52. The molecule has 2 N–H and O–H groups in total.